The molecule has 17 heavy (non-hydrogen) atoms. The van der Waals surface area contributed by atoms with Gasteiger partial charge in [-0.05, 0) is 31.9 Å². The van der Waals surface area contributed by atoms with Gasteiger partial charge in [-0.15, -0.1) is 0 Å². The lowest BCUT2D eigenvalue weighted by atomic mass is 9.94. The Labute approximate surface area is 99.6 Å². The molecule has 1 aromatic rings. The van der Waals surface area contributed by atoms with Crippen LogP contribution in [0.1, 0.15) is 37.3 Å². The second-order valence-corrected chi connectivity index (χ2v) is 3.80. The molecule has 1 atom stereocenters. The molecule has 0 aliphatic rings. The number of hydrogen-bond donors (Lipinski definition) is 0. The zero-order valence-corrected chi connectivity index (χ0v) is 10.2. The molecule has 0 amide bonds. The van der Waals surface area contributed by atoms with Crippen molar-refractivity contribution in [3.05, 3.63) is 34.9 Å². The number of hydrogen-bond acceptors (Lipinski definition) is 2. The Balaban J connectivity index is 3.20. The molecule has 1 aromatic carbocycles. The molecule has 0 N–H and O–H groups in total. The normalized spacial score (nSPS) is 12.3. The minimum Gasteiger partial charge on any atom is -0.466 e. The largest absolute Gasteiger partial charge is 0.466 e. The topological polar surface area (TPSA) is 26.3 Å². The van der Waals surface area contributed by atoms with Crippen LogP contribution in [0.2, 0.25) is 0 Å². The third-order valence-electron chi connectivity index (χ3n) is 2.65. The molecule has 0 saturated carbocycles. The van der Waals surface area contributed by atoms with Gasteiger partial charge in [-0.25, -0.2) is 8.78 Å². The number of ether oxygens (including phenoxy) is 1. The van der Waals surface area contributed by atoms with Crippen molar-refractivity contribution in [1.29, 1.82) is 0 Å². The van der Waals surface area contributed by atoms with Gasteiger partial charge in [0.05, 0.1) is 12.5 Å². The van der Waals surface area contributed by atoms with Crippen LogP contribution in [0.3, 0.4) is 0 Å². The summed E-state index contributed by atoms with van der Waals surface area (Å²) in [4.78, 5) is 11.6. The molecule has 0 spiro atoms. The van der Waals surface area contributed by atoms with E-state index in [0.29, 0.717) is 12.0 Å². The second-order valence-electron chi connectivity index (χ2n) is 3.80. The summed E-state index contributed by atoms with van der Waals surface area (Å²) in [7, 11) is 0. The summed E-state index contributed by atoms with van der Waals surface area (Å²) >= 11 is 0. The Morgan fingerprint density at radius 1 is 1.35 bits per heavy atom. The molecule has 0 bridgehead atoms. The van der Waals surface area contributed by atoms with E-state index in [1.54, 1.807) is 13.8 Å². The predicted molar refractivity (Wildman–Crippen MR) is 60.8 cm³/mol. The predicted octanol–water partition coefficient (Wildman–Crippen LogP) is 3.33. The number of rotatable bonds is 4. The van der Waals surface area contributed by atoms with E-state index in [1.807, 2.05) is 0 Å². The first-order chi connectivity index (χ1) is 8.02. The number of carbonyl (C=O) groups excluding carboxylic acids is 1. The van der Waals surface area contributed by atoms with E-state index < -0.39 is 23.5 Å². The van der Waals surface area contributed by atoms with Crippen molar-refractivity contribution in [3.8, 4) is 0 Å². The standard InChI is InChI=1S/C13H16F2O2/c1-4-9(13(16)17-5-2)11-10(14)7-6-8(3)12(11)15/h6-7,9H,4-5H2,1-3H3. The average Bonchev–Trinajstić information content (AvgIpc) is 2.30. The number of esters is 1. The summed E-state index contributed by atoms with van der Waals surface area (Å²) in [6.45, 7) is 5.09. The van der Waals surface area contributed by atoms with E-state index >= 15 is 0 Å². The molecule has 4 heteroatoms. The highest BCUT2D eigenvalue weighted by Gasteiger charge is 2.27. The lowest BCUT2D eigenvalue weighted by molar-refractivity contribution is -0.145. The van der Waals surface area contributed by atoms with Crippen LogP contribution in [-0.4, -0.2) is 12.6 Å². The number of aryl methyl sites for hydroxylation is 1. The van der Waals surface area contributed by atoms with Crippen molar-refractivity contribution < 1.29 is 18.3 Å². The van der Waals surface area contributed by atoms with Crippen LogP contribution in [-0.2, 0) is 9.53 Å². The van der Waals surface area contributed by atoms with E-state index in [9.17, 15) is 13.6 Å². The summed E-state index contributed by atoms with van der Waals surface area (Å²) in [6.07, 6.45) is 0.302. The van der Waals surface area contributed by atoms with Crippen LogP contribution in [0.25, 0.3) is 0 Å². The molecule has 0 heterocycles. The first-order valence-electron chi connectivity index (χ1n) is 5.64. The molecular weight excluding hydrogens is 226 g/mol. The van der Waals surface area contributed by atoms with Gasteiger partial charge in [-0.2, -0.15) is 0 Å². The van der Waals surface area contributed by atoms with Crippen molar-refractivity contribution >= 4 is 5.97 Å². The highest BCUT2D eigenvalue weighted by atomic mass is 19.1. The molecular formula is C13H16F2O2. The molecule has 94 valence electrons. The third-order valence-corrected chi connectivity index (χ3v) is 2.65. The Hall–Kier alpha value is -1.45. The average molecular weight is 242 g/mol. The van der Waals surface area contributed by atoms with E-state index in [2.05, 4.69) is 0 Å². The summed E-state index contributed by atoms with van der Waals surface area (Å²) in [5.41, 5.74) is 0.134. The molecule has 0 aromatic heterocycles. The van der Waals surface area contributed by atoms with Crippen molar-refractivity contribution in [2.75, 3.05) is 6.61 Å². The first-order valence-corrected chi connectivity index (χ1v) is 5.64. The van der Waals surface area contributed by atoms with Crippen LogP contribution in [0, 0.1) is 18.6 Å². The Kier molecular flexibility index (Phi) is 4.61. The number of halogens is 2. The first kappa shape index (κ1) is 13.6. The van der Waals surface area contributed by atoms with E-state index in [0.717, 1.165) is 0 Å². The van der Waals surface area contributed by atoms with Crippen molar-refractivity contribution in [2.45, 2.75) is 33.1 Å². The molecule has 0 saturated heterocycles. The van der Waals surface area contributed by atoms with Gasteiger partial charge in [0.2, 0.25) is 0 Å². The van der Waals surface area contributed by atoms with Gasteiger partial charge in [0, 0.05) is 5.56 Å². The molecule has 1 unspecified atom stereocenters. The SMILES string of the molecule is CCOC(=O)C(CC)c1c(F)ccc(C)c1F. The summed E-state index contributed by atoms with van der Waals surface area (Å²) in [6, 6.07) is 2.53. The van der Waals surface area contributed by atoms with Crippen LogP contribution in [0.4, 0.5) is 8.78 Å². The Morgan fingerprint density at radius 3 is 2.53 bits per heavy atom. The van der Waals surface area contributed by atoms with Crippen LogP contribution >= 0.6 is 0 Å². The minimum absolute atomic E-state index is 0.189. The Bertz CT molecular complexity index is 416. The fourth-order valence-corrected chi connectivity index (χ4v) is 1.73. The maximum atomic E-state index is 13.9. The molecule has 2 nitrogen and oxygen atoms in total. The fraction of sp³-hybridized carbons (Fsp3) is 0.462. The molecule has 0 radical (unpaired) electrons. The number of benzene rings is 1. The minimum atomic E-state index is -0.880. The van der Waals surface area contributed by atoms with Crippen LogP contribution in [0.15, 0.2) is 12.1 Å². The maximum Gasteiger partial charge on any atom is 0.313 e. The van der Waals surface area contributed by atoms with Gasteiger partial charge in [0.15, 0.2) is 0 Å². The van der Waals surface area contributed by atoms with Gasteiger partial charge in [0.25, 0.3) is 0 Å². The van der Waals surface area contributed by atoms with Gasteiger partial charge in [-0.3, -0.25) is 4.79 Å². The van der Waals surface area contributed by atoms with Crippen LogP contribution < -0.4 is 0 Å². The third kappa shape index (κ3) is 2.81. The van der Waals surface area contributed by atoms with Crippen molar-refractivity contribution in [1.82, 2.24) is 0 Å². The van der Waals surface area contributed by atoms with Gasteiger partial charge >= 0.3 is 5.97 Å². The zero-order valence-electron chi connectivity index (χ0n) is 10.2. The van der Waals surface area contributed by atoms with Crippen LogP contribution in [0.5, 0.6) is 0 Å². The van der Waals surface area contributed by atoms with E-state index in [4.69, 9.17) is 4.74 Å². The van der Waals surface area contributed by atoms with Crippen molar-refractivity contribution in [2.24, 2.45) is 0 Å². The van der Waals surface area contributed by atoms with Gasteiger partial charge in [-0.1, -0.05) is 13.0 Å². The maximum absolute atomic E-state index is 13.9. The van der Waals surface area contributed by atoms with Crippen molar-refractivity contribution in [3.63, 3.8) is 0 Å². The summed E-state index contributed by atoms with van der Waals surface area (Å²) in [5, 5.41) is 0. The highest BCUT2D eigenvalue weighted by Crippen LogP contribution is 2.28. The molecule has 0 fully saturated rings. The Morgan fingerprint density at radius 2 is 2.00 bits per heavy atom. The molecule has 1 rings (SSSR count). The number of carbonyl (C=O) groups is 1. The molecule has 0 aliphatic heterocycles. The summed E-state index contributed by atoms with van der Waals surface area (Å²) in [5.74, 6) is -2.83. The zero-order chi connectivity index (χ0) is 13.0. The van der Waals surface area contributed by atoms with E-state index in [-0.39, 0.29) is 12.2 Å². The fourth-order valence-electron chi connectivity index (χ4n) is 1.73. The second kappa shape index (κ2) is 5.75. The molecule has 0 aliphatic carbocycles. The smallest absolute Gasteiger partial charge is 0.313 e. The monoisotopic (exact) mass is 242 g/mol. The highest BCUT2D eigenvalue weighted by molar-refractivity contribution is 5.78. The lowest BCUT2D eigenvalue weighted by Crippen LogP contribution is -2.18. The summed E-state index contributed by atoms with van der Waals surface area (Å²) < 4.78 is 32.3. The van der Waals surface area contributed by atoms with E-state index in [1.165, 1.54) is 19.1 Å². The quantitative estimate of drug-likeness (QED) is 0.757. The van der Waals surface area contributed by atoms with Gasteiger partial charge < -0.3 is 4.74 Å². The van der Waals surface area contributed by atoms with Gasteiger partial charge in [0.1, 0.15) is 11.6 Å². The lowest BCUT2D eigenvalue weighted by Gasteiger charge is -2.16.